The van der Waals surface area contributed by atoms with Gasteiger partial charge in [-0.3, -0.25) is 9.69 Å². The molecule has 1 aliphatic heterocycles. The van der Waals surface area contributed by atoms with Crippen molar-refractivity contribution in [2.45, 2.75) is 13.0 Å². The highest BCUT2D eigenvalue weighted by atomic mass is 19.1. The maximum Gasteiger partial charge on any atom is 0.251 e. The van der Waals surface area contributed by atoms with Gasteiger partial charge in [0.2, 0.25) is 0 Å². The second-order valence-corrected chi connectivity index (χ2v) is 6.02. The van der Waals surface area contributed by atoms with Gasteiger partial charge in [-0.1, -0.05) is 31.4 Å². The first-order valence-corrected chi connectivity index (χ1v) is 8.37. The number of ether oxygens (including phenoxy) is 1. The van der Waals surface area contributed by atoms with Gasteiger partial charge in [-0.05, 0) is 36.3 Å². The first kappa shape index (κ1) is 19.1. The number of rotatable bonds is 7. The van der Waals surface area contributed by atoms with Crippen molar-refractivity contribution in [1.82, 2.24) is 10.2 Å². The fourth-order valence-electron chi connectivity index (χ4n) is 2.85. The molecule has 0 radical (unpaired) electrons. The summed E-state index contributed by atoms with van der Waals surface area (Å²) in [5, 5.41) is 2.97. The highest BCUT2D eigenvalue weighted by Gasteiger charge is 2.23. The van der Waals surface area contributed by atoms with Gasteiger partial charge >= 0.3 is 0 Å². The number of hydrogen-bond acceptors (Lipinski definition) is 3. The minimum absolute atomic E-state index is 0.0384. The Balaban J connectivity index is 2.14. The second kappa shape index (κ2) is 9.30. The van der Waals surface area contributed by atoms with Gasteiger partial charge in [0.25, 0.3) is 5.91 Å². The van der Waals surface area contributed by atoms with E-state index < -0.39 is 0 Å². The van der Waals surface area contributed by atoms with Crippen LogP contribution in [-0.2, 0) is 9.53 Å². The second-order valence-electron chi connectivity index (χ2n) is 6.02. The van der Waals surface area contributed by atoms with Crippen LogP contribution < -0.4 is 5.32 Å². The lowest BCUT2D eigenvalue weighted by atomic mass is 10.0. The Labute approximate surface area is 148 Å². The van der Waals surface area contributed by atoms with Gasteiger partial charge in [0.15, 0.2) is 0 Å². The number of hydrogen-bond donors (Lipinski definition) is 1. The topological polar surface area (TPSA) is 41.6 Å². The van der Waals surface area contributed by atoms with E-state index in [1.165, 1.54) is 12.1 Å². The quantitative estimate of drug-likeness (QED) is 0.611. The molecule has 0 bridgehead atoms. The Kier molecular flexibility index (Phi) is 7.10. The number of allylic oxidation sites excluding steroid dienone is 2. The summed E-state index contributed by atoms with van der Waals surface area (Å²) < 4.78 is 18.7. The molecule has 1 aromatic carbocycles. The van der Waals surface area contributed by atoms with Crippen molar-refractivity contribution in [1.29, 1.82) is 0 Å². The smallest absolute Gasteiger partial charge is 0.251 e. The molecular formula is C20H25FN2O2. The number of halogens is 1. The van der Waals surface area contributed by atoms with Crippen LogP contribution in [0, 0.1) is 5.82 Å². The first-order chi connectivity index (χ1) is 12.0. The molecule has 0 spiro atoms. The molecule has 1 amide bonds. The van der Waals surface area contributed by atoms with E-state index in [2.05, 4.69) is 23.4 Å². The third kappa shape index (κ3) is 5.37. The van der Waals surface area contributed by atoms with Crippen molar-refractivity contribution < 1.29 is 13.9 Å². The fraction of sp³-hybridized carbons (Fsp3) is 0.350. The zero-order valence-corrected chi connectivity index (χ0v) is 14.6. The number of nitrogens with one attached hydrogen (secondary N) is 1. The van der Waals surface area contributed by atoms with Crippen LogP contribution >= 0.6 is 0 Å². The summed E-state index contributed by atoms with van der Waals surface area (Å²) in [5.41, 5.74) is 2.16. The van der Waals surface area contributed by atoms with Crippen LogP contribution in [0.2, 0.25) is 0 Å². The zero-order chi connectivity index (χ0) is 18.2. The van der Waals surface area contributed by atoms with Crippen molar-refractivity contribution in [2.24, 2.45) is 0 Å². The maximum atomic E-state index is 13.3. The van der Waals surface area contributed by atoms with E-state index in [1.807, 2.05) is 0 Å². The normalized spacial score (nSPS) is 17.0. The maximum absolute atomic E-state index is 13.3. The third-order valence-corrected chi connectivity index (χ3v) is 4.19. The molecule has 1 heterocycles. The third-order valence-electron chi connectivity index (χ3n) is 4.19. The summed E-state index contributed by atoms with van der Waals surface area (Å²) in [6.45, 7) is 12.5. The molecule has 1 unspecified atom stereocenters. The van der Waals surface area contributed by atoms with Crippen molar-refractivity contribution in [2.75, 3.05) is 32.8 Å². The van der Waals surface area contributed by atoms with Crippen molar-refractivity contribution in [3.8, 4) is 0 Å². The van der Waals surface area contributed by atoms with Crippen LogP contribution in [-0.4, -0.2) is 43.7 Å². The van der Waals surface area contributed by atoms with Crippen molar-refractivity contribution in [3.63, 3.8) is 0 Å². The van der Waals surface area contributed by atoms with Crippen LogP contribution in [0.4, 0.5) is 4.39 Å². The van der Waals surface area contributed by atoms with Gasteiger partial charge < -0.3 is 10.1 Å². The molecule has 5 heteroatoms. The Morgan fingerprint density at radius 3 is 2.56 bits per heavy atom. The summed E-state index contributed by atoms with van der Waals surface area (Å²) in [6, 6.07) is 6.38. The number of benzene rings is 1. The molecule has 1 aromatic rings. The summed E-state index contributed by atoms with van der Waals surface area (Å²) in [5.74, 6) is -0.459. The lowest BCUT2D eigenvalue weighted by Crippen LogP contribution is -2.44. The molecule has 1 N–H and O–H groups in total. The Morgan fingerprint density at radius 1 is 1.36 bits per heavy atom. The van der Waals surface area contributed by atoms with E-state index in [4.69, 9.17) is 4.74 Å². The summed E-state index contributed by atoms with van der Waals surface area (Å²) >= 11 is 0. The first-order valence-electron chi connectivity index (χ1n) is 8.37. The molecule has 25 heavy (non-hydrogen) atoms. The highest BCUT2D eigenvalue weighted by Crippen LogP contribution is 2.22. The number of nitrogens with zero attached hydrogens (tertiary/aromatic N) is 1. The van der Waals surface area contributed by atoms with Gasteiger partial charge in [0, 0.05) is 25.2 Å². The van der Waals surface area contributed by atoms with E-state index in [0.717, 1.165) is 18.7 Å². The summed E-state index contributed by atoms with van der Waals surface area (Å²) in [6.07, 6.45) is 3.22. The molecule has 4 nitrogen and oxygen atoms in total. The lowest BCUT2D eigenvalue weighted by Gasteiger charge is -2.35. The van der Waals surface area contributed by atoms with Crippen LogP contribution in [0.1, 0.15) is 18.5 Å². The van der Waals surface area contributed by atoms with Crippen molar-refractivity contribution >= 4 is 5.91 Å². The zero-order valence-electron chi connectivity index (χ0n) is 14.6. The minimum Gasteiger partial charge on any atom is -0.379 e. The highest BCUT2D eigenvalue weighted by molar-refractivity contribution is 5.97. The van der Waals surface area contributed by atoms with Gasteiger partial charge in [0.05, 0.1) is 19.3 Å². The van der Waals surface area contributed by atoms with E-state index in [1.54, 1.807) is 31.2 Å². The van der Waals surface area contributed by atoms with E-state index >= 15 is 0 Å². The molecule has 1 aliphatic rings. The SMILES string of the molecule is C=C/C=C(\C(=C)C)C(=O)NCC(c1ccc(F)cc1)N1CCOCC1. The molecule has 0 saturated carbocycles. The number of carbonyl (C=O) groups excluding carboxylic acids is 1. The van der Waals surface area contributed by atoms with Crippen molar-refractivity contribution in [3.05, 3.63) is 72.1 Å². The molecular weight excluding hydrogens is 319 g/mol. The van der Waals surface area contributed by atoms with E-state index in [0.29, 0.717) is 30.9 Å². The molecule has 0 aliphatic carbocycles. The van der Waals surface area contributed by atoms with Crippen LogP contribution in [0.15, 0.2) is 60.7 Å². The standard InChI is InChI=1S/C20H25FN2O2/c1-4-5-18(15(2)3)20(24)22-14-19(23-10-12-25-13-11-23)16-6-8-17(21)9-7-16/h4-9,19H,1-2,10-14H2,3H3,(H,22,24)/b18-5+. The predicted octanol–water partition coefficient (Wildman–Crippen LogP) is 3.00. The van der Waals surface area contributed by atoms with Gasteiger partial charge in [-0.25, -0.2) is 4.39 Å². The van der Waals surface area contributed by atoms with Crippen LogP contribution in [0.3, 0.4) is 0 Å². The monoisotopic (exact) mass is 344 g/mol. The Morgan fingerprint density at radius 2 is 2.00 bits per heavy atom. The average molecular weight is 344 g/mol. The molecule has 134 valence electrons. The number of carbonyl (C=O) groups is 1. The van der Waals surface area contributed by atoms with Gasteiger partial charge in [-0.2, -0.15) is 0 Å². The minimum atomic E-state index is -0.271. The van der Waals surface area contributed by atoms with E-state index in [9.17, 15) is 9.18 Å². The largest absolute Gasteiger partial charge is 0.379 e. The summed E-state index contributed by atoms with van der Waals surface area (Å²) in [4.78, 5) is 14.7. The predicted molar refractivity (Wildman–Crippen MR) is 97.6 cm³/mol. The van der Waals surface area contributed by atoms with E-state index in [-0.39, 0.29) is 17.8 Å². The number of amides is 1. The number of morpholine rings is 1. The van der Waals surface area contributed by atoms with Crippen LogP contribution in [0.5, 0.6) is 0 Å². The molecule has 1 fully saturated rings. The average Bonchev–Trinajstić information content (AvgIpc) is 2.61. The lowest BCUT2D eigenvalue weighted by molar-refractivity contribution is -0.117. The van der Waals surface area contributed by atoms with Gasteiger partial charge in [-0.15, -0.1) is 0 Å². The molecule has 0 aromatic heterocycles. The summed E-state index contributed by atoms with van der Waals surface area (Å²) in [7, 11) is 0. The Hall–Kier alpha value is -2.24. The molecule has 1 atom stereocenters. The van der Waals surface area contributed by atoms with Crippen LogP contribution in [0.25, 0.3) is 0 Å². The molecule has 1 saturated heterocycles. The fourth-order valence-corrected chi connectivity index (χ4v) is 2.85. The Bertz CT molecular complexity index is 646. The molecule has 2 rings (SSSR count). The van der Waals surface area contributed by atoms with Gasteiger partial charge in [0.1, 0.15) is 5.82 Å².